The SMILES string of the molecule is CCC(C)C(N)C(=O)N1CCCC1(C)C. The van der Waals surface area contributed by atoms with Crippen LogP contribution >= 0.6 is 0 Å². The van der Waals surface area contributed by atoms with Gasteiger partial charge in [-0.05, 0) is 32.6 Å². The lowest BCUT2D eigenvalue weighted by molar-refractivity contribution is -0.136. The number of rotatable bonds is 3. The minimum Gasteiger partial charge on any atom is -0.336 e. The Morgan fingerprint density at radius 1 is 1.53 bits per heavy atom. The van der Waals surface area contributed by atoms with E-state index in [4.69, 9.17) is 5.73 Å². The van der Waals surface area contributed by atoms with E-state index in [1.165, 1.54) is 0 Å². The molecule has 1 fully saturated rings. The van der Waals surface area contributed by atoms with Gasteiger partial charge < -0.3 is 10.6 Å². The first kappa shape index (κ1) is 12.5. The van der Waals surface area contributed by atoms with Crippen LogP contribution < -0.4 is 5.73 Å². The van der Waals surface area contributed by atoms with Gasteiger partial charge in [0.2, 0.25) is 5.91 Å². The molecule has 88 valence electrons. The van der Waals surface area contributed by atoms with E-state index in [1.807, 2.05) is 11.8 Å². The summed E-state index contributed by atoms with van der Waals surface area (Å²) in [6, 6.07) is -0.327. The van der Waals surface area contributed by atoms with Crippen molar-refractivity contribution >= 4 is 5.91 Å². The van der Waals surface area contributed by atoms with Crippen molar-refractivity contribution in [2.45, 2.75) is 58.5 Å². The molecule has 0 aromatic heterocycles. The predicted octanol–water partition coefficient (Wildman–Crippen LogP) is 1.76. The van der Waals surface area contributed by atoms with Gasteiger partial charge in [-0.1, -0.05) is 20.3 Å². The van der Waals surface area contributed by atoms with Crippen molar-refractivity contribution in [3.05, 3.63) is 0 Å². The molecule has 2 atom stereocenters. The van der Waals surface area contributed by atoms with Gasteiger partial charge in [0.1, 0.15) is 0 Å². The summed E-state index contributed by atoms with van der Waals surface area (Å²) in [4.78, 5) is 14.1. The summed E-state index contributed by atoms with van der Waals surface area (Å²) in [6.45, 7) is 9.25. The fraction of sp³-hybridized carbons (Fsp3) is 0.917. The topological polar surface area (TPSA) is 46.3 Å². The van der Waals surface area contributed by atoms with Gasteiger partial charge in [-0.15, -0.1) is 0 Å². The van der Waals surface area contributed by atoms with E-state index >= 15 is 0 Å². The van der Waals surface area contributed by atoms with Gasteiger partial charge in [0.25, 0.3) is 0 Å². The summed E-state index contributed by atoms with van der Waals surface area (Å²) in [7, 11) is 0. The van der Waals surface area contributed by atoms with Crippen LogP contribution in [-0.2, 0) is 4.79 Å². The number of hydrogen-bond donors (Lipinski definition) is 1. The van der Waals surface area contributed by atoms with E-state index in [0.29, 0.717) is 0 Å². The third-order valence-electron chi connectivity index (χ3n) is 3.71. The molecule has 0 radical (unpaired) electrons. The lowest BCUT2D eigenvalue weighted by Crippen LogP contribution is -2.52. The van der Waals surface area contributed by atoms with E-state index < -0.39 is 0 Å². The van der Waals surface area contributed by atoms with Crippen LogP contribution in [0.4, 0.5) is 0 Å². The third kappa shape index (κ3) is 2.51. The quantitative estimate of drug-likeness (QED) is 0.775. The van der Waals surface area contributed by atoms with Gasteiger partial charge in [0.05, 0.1) is 6.04 Å². The molecule has 2 N–H and O–H groups in total. The average molecular weight is 212 g/mol. The van der Waals surface area contributed by atoms with Gasteiger partial charge in [-0.2, -0.15) is 0 Å². The number of nitrogens with two attached hydrogens (primary N) is 1. The van der Waals surface area contributed by atoms with Crippen LogP contribution in [0.1, 0.15) is 47.0 Å². The van der Waals surface area contributed by atoms with Crippen LogP contribution in [0.15, 0.2) is 0 Å². The number of carbonyl (C=O) groups is 1. The molecule has 2 unspecified atom stereocenters. The highest BCUT2D eigenvalue weighted by Gasteiger charge is 2.38. The van der Waals surface area contributed by atoms with Gasteiger partial charge >= 0.3 is 0 Å². The third-order valence-corrected chi connectivity index (χ3v) is 3.71. The molecule has 1 saturated heterocycles. The second kappa shape index (κ2) is 4.52. The number of carbonyl (C=O) groups excluding carboxylic acids is 1. The summed E-state index contributed by atoms with van der Waals surface area (Å²) in [6.07, 6.45) is 3.15. The van der Waals surface area contributed by atoms with Gasteiger partial charge in [0, 0.05) is 12.1 Å². The second-order valence-electron chi connectivity index (χ2n) is 5.32. The molecule has 0 bridgehead atoms. The van der Waals surface area contributed by atoms with E-state index in [2.05, 4.69) is 20.8 Å². The van der Waals surface area contributed by atoms with E-state index in [9.17, 15) is 4.79 Å². The first-order chi connectivity index (χ1) is 6.90. The fourth-order valence-corrected chi connectivity index (χ4v) is 2.19. The molecule has 0 aromatic carbocycles. The smallest absolute Gasteiger partial charge is 0.240 e. The van der Waals surface area contributed by atoms with Crippen molar-refractivity contribution in [3.8, 4) is 0 Å². The molecule has 1 aliphatic rings. The molecule has 15 heavy (non-hydrogen) atoms. The van der Waals surface area contributed by atoms with Crippen LogP contribution in [0.3, 0.4) is 0 Å². The van der Waals surface area contributed by atoms with Crippen molar-refractivity contribution in [3.63, 3.8) is 0 Å². The molecule has 0 saturated carbocycles. The molecule has 0 aliphatic carbocycles. The monoisotopic (exact) mass is 212 g/mol. The lowest BCUT2D eigenvalue weighted by Gasteiger charge is -2.34. The molecule has 1 rings (SSSR count). The maximum atomic E-state index is 12.2. The second-order valence-corrected chi connectivity index (χ2v) is 5.32. The standard InChI is InChI=1S/C12H24N2O/c1-5-9(2)10(13)11(15)14-8-6-7-12(14,3)4/h9-10H,5-8,13H2,1-4H3. The highest BCUT2D eigenvalue weighted by molar-refractivity contribution is 5.82. The number of nitrogens with zero attached hydrogens (tertiary/aromatic N) is 1. The van der Waals surface area contributed by atoms with Crippen molar-refractivity contribution in [2.75, 3.05) is 6.54 Å². The Labute approximate surface area is 93.0 Å². The van der Waals surface area contributed by atoms with Crippen LogP contribution in [-0.4, -0.2) is 28.9 Å². The van der Waals surface area contributed by atoms with Gasteiger partial charge in [0.15, 0.2) is 0 Å². The molecule has 1 heterocycles. The zero-order valence-electron chi connectivity index (χ0n) is 10.4. The van der Waals surface area contributed by atoms with Crippen molar-refractivity contribution in [1.82, 2.24) is 4.90 Å². The van der Waals surface area contributed by atoms with Crippen molar-refractivity contribution < 1.29 is 4.79 Å². The van der Waals surface area contributed by atoms with Crippen LogP contribution in [0.2, 0.25) is 0 Å². The van der Waals surface area contributed by atoms with Crippen LogP contribution in [0.25, 0.3) is 0 Å². The van der Waals surface area contributed by atoms with Crippen molar-refractivity contribution in [2.24, 2.45) is 11.7 Å². The molecule has 0 spiro atoms. The molecule has 1 aliphatic heterocycles. The minimum absolute atomic E-state index is 0.00215. The molecule has 3 heteroatoms. The van der Waals surface area contributed by atoms with Crippen molar-refractivity contribution in [1.29, 1.82) is 0 Å². The number of hydrogen-bond acceptors (Lipinski definition) is 2. The predicted molar refractivity (Wildman–Crippen MR) is 62.5 cm³/mol. The molecule has 3 nitrogen and oxygen atoms in total. The highest BCUT2D eigenvalue weighted by Crippen LogP contribution is 2.29. The maximum absolute atomic E-state index is 12.2. The Morgan fingerprint density at radius 3 is 2.53 bits per heavy atom. The highest BCUT2D eigenvalue weighted by atomic mass is 16.2. The Kier molecular flexibility index (Phi) is 3.77. The zero-order valence-corrected chi connectivity index (χ0v) is 10.4. The maximum Gasteiger partial charge on any atom is 0.240 e. The number of likely N-dealkylation sites (tertiary alicyclic amines) is 1. The summed E-state index contributed by atoms with van der Waals surface area (Å²) in [5.74, 6) is 0.403. The summed E-state index contributed by atoms with van der Waals surface area (Å²) < 4.78 is 0. The number of amides is 1. The van der Waals surface area contributed by atoms with Crippen LogP contribution in [0, 0.1) is 5.92 Å². The van der Waals surface area contributed by atoms with Gasteiger partial charge in [-0.3, -0.25) is 4.79 Å². The summed E-state index contributed by atoms with van der Waals surface area (Å²) in [5, 5.41) is 0. The fourth-order valence-electron chi connectivity index (χ4n) is 2.19. The Morgan fingerprint density at radius 2 is 2.13 bits per heavy atom. The lowest BCUT2D eigenvalue weighted by atomic mass is 9.96. The molecular formula is C12H24N2O. The molecule has 1 amide bonds. The normalized spacial score (nSPS) is 23.9. The Balaban J connectivity index is 2.68. The van der Waals surface area contributed by atoms with E-state index in [0.717, 1.165) is 25.8 Å². The molecule has 0 aromatic rings. The largest absolute Gasteiger partial charge is 0.336 e. The Bertz CT molecular complexity index is 238. The molecular weight excluding hydrogens is 188 g/mol. The first-order valence-corrected chi connectivity index (χ1v) is 5.97. The summed E-state index contributed by atoms with van der Waals surface area (Å²) >= 11 is 0. The van der Waals surface area contributed by atoms with E-state index in [-0.39, 0.29) is 23.4 Å². The Hall–Kier alpha value is -0.570. The first-order valence-electron chi connectivity index (χ1n) is 5.97. The van der Waals surface area contributed by atoms with Gasteiger partial charge in [-0.25, -0.2) is 0 Å². The summed E-state index contributed by atoms with van der Waals surface area (Å²) in [5.41, 5.74) is 5.98. The zero-order chi connectivity index (χ0) is 11.6. The average Bonchev–Trinajstić information content (AvgIpc) is 2.54. The van der Waals surface area contributed by atoms with Crippen LogP contribution in [0.5, 0.6) is 0 Å². The minimum atomic E-state index is -0.327. The van der Waals surface area contributed by atoms with E-state index in [1.54, 1.807) is 0 Å².